The molecule has 0 radical (unpaired) electrons. The number of carbonyl (C=O) groups is 2. The maximum absolute atomic E-state index is 11.8. The zero-order valence-corrected chi connectivity index (χ0v) is 8.18. The van der Waals surface area contributed by atoms with E-state index in [4.69, 9.17) is 5.73 Å². The van der Waals surface area contributed by atoms with Crippen LogP contribution in [0, 0.1) is 5.41 Å². The average molecular weight is 192 g/mol. The summed E-state index contributed by atoms with van der Waals surface area (Å²) in [4.78, 5) is 25.6. The van der Waals surface area contributed by atoms with E-state index in [1.807, 2.05) is 13.8 Å². The average Bonchev–Trinajstić information content (AvgIpc) is 2.53. The van der Waals surface area contributed by atoms with Gasteiger partial charge in [0.25, 0.3) is 5.91 Å². The van der Waals surface area contributed by atoms with E-state index >= 15 is 0 Å². The number of primary amides is 1. The highest BCUT2D eigenvalue weighted by Gasteiger charge is 2.40. The van der Waals surface area contributed by atoms with Gasteiger partial charge in [0.2, 0.25) is 0 Å². The molecule has 0 atom stereocenters. The van der Waals surface area contributed by atoms with Crippen molar-refractivity contribution >= 4 is 11.7 Å². The van der Waals surface area contributed by atoms with Gasteiger partial charge in [-0.05, 0) is 12.0 Å². The summed E-state index contributed by atoms with van der Waals surface area (Å²) in [6.45, 7) is 3.74. The molecule has 4 heteroatoms. The van der Waals surface area contributed by atoms with E-state index in [2.05, 4.69) is 4.98 Å². The monoisotopic (exact) mass is 192 g/mol. The van der Waals surface area contributed by atoms with Crippen LogP contribution in [-0.2, 0) is 6.42 Å². The van der Waals surface area contributed by atoms with Crippen molar-refractivity contribution in [1.29, 1.82) is 0 Å². The molecule has 1 aromatic heterocycles. The Morgan fingerprint density at radius 2 is 2.21 bits per heavy atom. The molecule has 4 nitrogen and oxygen atoms in total. The maximum Gasteiger partial charge on any atom is 0.250 e. The van der Waals surface area contributed by atoms with Crippen LogP contribution in [0.3, 0.4) is 0 Å². The normalized spacial score (nSPS) is 18.3. The molecule has 1 aromatic rings. The SMILES string of the molecule is CC1(C)Cc2c(C(N)=O)c[nH]c2C1=O. The van der Waals surface area contributed by atoms with Gasteiger partial charge in [-0.15, -0.1) is 0 Å². The fraction of sp³-hybridized carbons (Fsp3) is 0.400. The van der Waals surface area contributed by atoms with Gasteiger partial charge in [-0.25, -0.2) is 0 Å². The first-order valence-corrected chi connectivity index (χ1v) is 4.48. The van der Waals surface area contributed by atoms with Crippen molar-refractivity contribution in [2.45, 2.75) is 20.3 Å². The molecule has 1 amide bonds. The smallest absolute Gasteiger partial charge is 0.250 e. The molecule has 0 aliphatic heterocycles. The predicted molar refractivity (Wildman–Crippen MR) is 51.1 cm³/mol. The van der Waals surface area contributed by atoms with Gasteiger partial charge < -0.3 is 10.7 Å². The van der Waals surface area contributed by atoms with Crippen molar-refractivity contribution in [3.8, 4) is 0 Å². The Bertz CT molecular complexity index is 429. The molecular formula is C10H12N2O2. The van der Waals surface area contributed by atoms with Crippen LogP contribution in [0.15, 0.2) is 6.20 Å². The van der Waals surface area contributed by atoms with Crippen LogP contribution in [0.2, 0.25) is 0 Å². The molecule has 2 rings (SSSR count). The third kappa shape index (κ3) is 0.999. The van der Waals surface area contributed by atoms with Gasteiger partial charge in [-0.3, -0.25) is 9.59 Å². The standard InChI is InChI=1S/C10H12N2O2/c1-10(2)3-5-6(9(11)14)4-12-7(5)8(10)13/h4,12H,3H2,1-2H3,(H2,11,14). The number of Topliss-reactive ketones (excluding diaryl/α,β-unsaturated/α-hetero) is 1. The Balaban J connectivity index is 2.56. The molecular weight excluding hydrogens is 180 g/mol. The number of hydrogen-bond donors (Lipinski definition) is 2. The highest BCUT2D eigenvalue weighted by Crippen LogP contribution is 2.37. The fourth-order valence-electron chi connectivity index (χ4n) is 1.92. The van der Waals surface area contributed by atoms with Crippen molar-refractivity contribution in [2.75, 3.05) is 0 Å². The molecule has 0 spiro atoms. The van der Waals surface area contributed by atoms with Crippen molar-refractivity contribution in [3.63, 3.8) is 0 Å². The summed E-state index contributed by atoms with van der Waals surface area (Å²) >= 11 is 0. The molecule has 0 saturated carbocycles. The molecule has 0 fully saturated rings. The van der Waals surface area contributed by atoms with Crippen molar-refractivity contribution in [2.24, 2.45) is 11.1 Å². The number of H-pyrrole nitrogens is 1. The minimum Gasteiger partial charge on any atom is -0.366 e. The van der Waals surface area contributed by atoms with E-state index < -0.39 is 11.3 Å². The molecule has 0 aromatic carbocycles. The second-order valence-electron chi connectivity index (χ2n) is 4.31. The lowest BCUT2D eigenvalue weighted by Crippen LogP contribution is -2.20. The zero-order valence-electron chi connectivity index (χ0n) is 8.18. The first-order chi connectivity index (χ1) is 6.43. The van der Waals surface area contributed by atoms with Gasteiger partial charge in [0.1, 0.15) is 0 Å². The quantitative estimate of drug-likeness (QED) is 0.693. The van der Waals surface area contributed by atoms with Gasteiger partial charge in [-0.2, -0.15) is 0 Å². The molecule has 0 saturated heterocycles. The molecule has 1 aliphatic rings. The first-order valence-electron chi connectivity index (χ1n) is 4.48. The number of carbonyl (C=O) groups excluding carboxylic acids is 2. The topological polar surface area (TPSA) is 76.0 Å². The molecule has 14 heavy (non-hydrogen) atoms. The van der Waals surface area contributed by atoms with Crippen LogP contribution in [-0.4, -0.2) is 16.7 Å². The van der Waals surface area contributed by atoms with Crippen molar-refractivity contribution < 1.29 is 9.59 Å². The van der Waals surface area contributed by atoms with E-state index in [-0.39, 0.29) is 5.78 Å². The van der Waals surface area contributed by atoms with Crippen LogP contribution >= 0.6 is 0 Å². The number of amides is 1. The first kappa shape index (κ1) is 8.99. The lowest BCUT2D eigenvalue weighted by molar-refractivity contribution is 0.0857. The summed E-state index contributed by atoms with van der Waals surface area (Å²) in [6.07, 6.45) is 2.10. The lowest BCUT2D eigenvalue weighted by Gasteiger charge is -2.13. The van der Waals surface area contributed by atoms with Crippen LogP contribution in [0.5, 0.6) is 0 Å². The summed E-state index contributed by atoms with van der Waals surface area (Å²) in [5.74, 6) is -0.423. The Hall–Kier alpha value is -1.58. The second kappa shape index (κ2) is 2.47. The molecule has 0 bridgehead atoms. The van der Waals surface area contributed by atoms with E-state index in [0.717, 1.165) is 5.56 Å². The summed E-state index contributed by atoms with van der Waals surface area (Å²) in [7, 11) is 0. The van der Waals surface area contributed by atoms with Gasteiger partial charge >= 0.3 is 0 Å². The number of nitrogens with two attached hydrogens (primary N) is 1. The predicted octanol–water partition coefficient (Wildman–Crippen LogP) is 0.879. The number of rotatable bonds is 1. The molecule has 1 heterocycles. The molecule has 1 aliphatic carbocycles. The van der Waals surface area contributed by atoms with Gasteiger partial charge in [-0.1, -0.05) is 13.8 Å². The largest absolute Gasteiger partial charge is 0.366 e. The Morgan fingerprint density at radius 1 is 1.57 bits per heavy atom. The third-order valence-electron chi connectivity index (χ3n) is 2.71. The van der Waals surface area contributed by atoms with Crippen LogP contribution < -0.4 is 5.73 Å². The number of nitrogens with one attached hydrogen (secondary N) is 1. The fourth-order valence-corrected chi connectivity index (χ4v) is 1.92. The number of aromatic amines is 1. The van der Waals surface area contributed by atoms with Crippen LogP contribution in [0.1, 0.15) is 40.3 Å². The number of aromatic nitrogens is 1. The second-order valence-corrected chi connectivity index (χ2v) is 4.31. The highest BCUT2D eigenvalue weighted by atomic mass is 16.1. The molecule has 0 unspecified atom stereocenters. The Kier molecular flexibility index (Phi) is 1.58. The van der Waals surface area contributed by atoms with E-state index in [1.165, 1.54) is 6.20 Å². The number of fused-ring (bicyclic) bond motifs is 1. The van der Waals surface area contributed by atoms with Crippen molar-refractivity contribution in [1.82, 2.24) is 4.98 Å². The number of ketones is 1. The van der Waals surface area contributed by atoms with E-state index in [0.29, 0.717) is 17.7 Å². The summed E-state index contributed by atoms with van der Waals surface area (Å²) in [5.41, 5.74) is 6.54. The molecule has 3 N–H and O–H groups in total. The van der Waals surface area contributed by atoms with Gasteiger partial charge in [0.05, 0.1) is 11.3 Å². The van der Waals surface area contributed by atoms with E-state index in [1.54, 1.807) is 0 Å². The minimum atomic E-state index is -0.479. The zero-order chi connectivity index (χ0) is 10.5. The van der Waals surface area contributed by atoms with Crippen molar-refractivity contribution in [3.05, 3.63) is 23.0 Å². The minimum absolute atomic E-state index is 0.0556. The number of hydrogen-bond acceptors (Lipinski definition) is 2. The lowest BCUT2D eigenvalue weighted by atomic mass is 9.89. The Labute approximate surface area is 81.5 Å². The van der Waals surface area contributed by atoms with Crippen LogP contribution in [0.4, 0.5) is 0 Å². The van der Waals surface area contributed by atoms with Crippen LogP contribution in [0.25, 0.3) is 0 Å². The summed E-state index contributed by atoms with van der Waals surface area (Å²) in [5, 5.41) is 0. The van der Waals surface area contributed by atoms with Gasteiger partial charge in [0.15, 0.2) is 5.78 Å². The van der Waals surface area contributed by atoms with E-state index in [9.17, 15) is 9.59 Å². The van der Waals surface area contributed by atoms with Gasteiger partial charge in [0, 0.05) is 11.6 Å². The summed E-state index contributed by atoms with van der Waals surface area (Å²) in [6, 6.07) is 0. The Morgan fingerprint density at radius 3 is 2.79 bits per heavy atom. The molecule has 74 valence electrons. The maximum atomic E-state index is 11.8. The highest BCUT2D eigenvalue weighted by molar-refractivity contribution is 6.07. The third-order valence-corrected chi connectivity index (χ3v) is 2.71. The summed E-state index contributed by atoms with van der Waals surface area (Å²) < 4.78 is 0.